The van der Waals surface area contributed by atoms with E-state index in [4.69, 9.17) is 4.74 Å². The highest BCUT2D eigenvalue weighted by atomic mass is 16.5. The molecule has 6 nitrogen and oxygen atoms in total. The highest BCUT2D eigenvalue weighted by molar-refractivity contribution is 5.94. The fourth-order valence-corrected chi connectivity index (χ4v) is 5.33. The van der Waals surface area contributed by atoms with Gasteiger partial charge in [-0.05, 0) is 52.9 Å². The second-order valence-electron chi connectivity index (χ2n) is 9.52. The number of Topliss-reactive ketones (excluding diaryl/α,β-unsaturated/α-hetero) is 1. The van der Waals surface area contributed by atoms with Gasteiger partial charge in [-0.3, -0.25) is 24.8 Å². The van der Waals surface area contributed by atoms with Gasteiger partial charge < -0.3 is 4.74 Å². The van der Waals surface area contributed by atoms with Crippen molar-refractivity contribution in [3.63, 3.8) is 0 Å². The highest BCUT2D eigenvalue weighted by Crippen LogP contribution is 2.31. The van der Waals surface area contributed by atoms with Crippen LogP contribution in [0.25, 0.3) is 0 Å². The van der Waals surface area contributed by atoms with Gasteiger partial charge in [0, 0.05) is 12.8 Å². The number of unbranched alkanes of at least 4 members (excludes halogenated alkanes) is 4. The van der Waals surface area contributed by atoms with E-state index in [1.54, 1.807) is 0 Å². The van der Waals surface area contributed by atoms with Gasteiger partial charge in [0.15, 0.2) is 0 Å². The quantitative estimate of drug-likeness (QED) is 0.238. The molecule has 0 aromatic carbocycles. The molecule has 0 amide bonds. The van der Waals surface area contributed by atoms with E-state index in [9.17, 15) is 9.59 Å². The molecule has 0 radical (unpaired) electrons. The van der Waals surface area contributed by atoms with Crippen molar-refractivity contribution in [2.45, 2.75) is 128 Å². The SMILES string of the molecule is CC(=O)CC(=O)O[C@H](C)CCCCCCC[C@H]1C[C@H]2CC[C@@H]3C[C@@H](C)NC(=[N+]23)N1. The molecule has 3 aliphatic rings. The number of ketones is 1. The van der Waals surface area contributed by atoms with Crippen LogP contribution in [0.3, 0.4) is 0 Å². The Morgan fingerprint density at radius 3 is 2.52 bits per heavy atom. The number of carbonyl (C=O) groups is 2. The predicted molar refractivity (Wildman–Crippen MR) is 114 cm³/mol. The van der Waals surface area contributed by atoms with Crippen LogP contribution in [0.5, 0.6) is 0 Å². The van der Waals surface area contributed by atoms with Crippen LogP contribution >= 0.6 is 0 Å². The van der Waals surface area contributed by atoms with Crippen molar-refractivity contribution < 1.29 is 18.9 Å². The van der Waals surface area contributed by atoms with Gasteiger partial charge in [-0.1, -0.05) is 25.7 Å². The normalized spacial score (nSPS) is 28.9. The molecule has 3 heterocycles. The van der Waals surface area contributed by atoms with Crippen molar-refractivity contribution >= 4 is 17.7 Å². The Bertz CT molecular complexity index is 618. The average molecular weight is 407 g/mol. The summed E-state index contributed by atoms with van der Waals surface area (Å²) in [5.41, 5.74) is 0. The molecular weight excluding hydrogens is 366 g/mol. The number of esters is 1. The molecule has 0 aromatic heterocycles. The Labute approximate surface area is 175 Å². The average Bonchev–Trinajstić information content (AvgIpc) is 3.03. The van der Waals surface area contributed by atoms with Crippen molar-refractivity contribution in [2.75, 3.05) is 0 Å². The fourth-order valence-electron chi connectivity index (χ4n) is 5.33. The number of hydrogen-bond acceptors (Lipinski definition) is 5. The van der Waals surface area contributed by atoms with Crippen LogP contribution in [0.1, 0.15) is 97.8 Å². The molecule has 3 rings (SSSR count). The fraction of sp³-hybridized carbons (Fsp3) is 0.870. The molecule has 0 bridgehead atoms. The monoisotopic (exact) mass is 406 g/mol. The summed E-state index contributed by atoms with van der Waals surface area (Å²) in [4.78, 5) is 22.4. The molecule has 6 heteroatoms. The van der Waals surface area contributed by atoms with Crippen LogP contribution in [-0.2, 0) is 14.3 Å². The lowest BCUT2D eigenvalue weighted by atomic mass is 9.97. The molecule has 0 aliphatic carbocycles. The van der Waals surface area contributed by atoms with Crippen LogP contribution < -0.4 is 10.6 Å². The van der Waals surface area contributed by atoms with Gasteiger partial charge >= 0.3 is 11.9 Å². The van der Waals surface area contributed by atoms with Crippen molar-refractivity contribution in [3.05, 3.63) is 0 Å². The van der Waals surface area contributed by atoms with E-state index in [-0.39, 0.29) is 18.3 Å². The summed E-state index contributed by atoms with van der Waals surface area (Å²) in [5, 5.41) is 7.47. The lowest BCUT2D eigenvalue weighted by molar-refractivity contribution is -0.593. The largest absolute Gasteiger partial charge is 0.462 e. The van der Waals surface area contributed by atoms with E-state index in [0.717, 1.165) is 24.9 Å². The first-order valence-corrected chi connectivity index (χ1v) is 11.8. The van der Waals surface area contributed by atoms with E-state index in [1.165, 1.54) is 70.7 Å². The molecule has 0 aromatic rings. The number of hydrogen-bond donors (Lipinski definition) is 2. The Morgan fingerprint density at radius 2 is 1.76 bits per heavy atom. The standard InChI is InChI=1S/C23H39N3O3/c1-16-13-20-11-12-21-15-19(25-23(24-16)26(20)21)10-8-6-4-5-7-9-18(3)29-22(28)14-17(2)27/h16,18-21H,4-15H2,1-3H3,(H,24,25)/p+1/t16-,18-,19+,20-,21-/m1/s1. The predicted octanol–water partition coefficient (Wildman–Crippen LogP) is 3.27. The Balaban J connectivity index is 1.25. The third-order valence-corrected chi connectivity index (χ3v) is 6.67. The summed E-state index contributed by atoms with van der Waals surface area (Å²) in [7, 11) is 0. The molecule has 0 saturated carbocycles. The molecule has 164 valence electrons. The summed E-state index contributed by atoms with van der Waals surface area (Å²) in [6, 6.07) is 2.70. The number of nitrogens with zero attached hydrogens (tertiary/aromatic N) is 1. The van der Waals surface area contributed by atoms with Gasteiger partial charge in [0.25, 0.3) is 0 Å². The minimum atomic E-state index is -0.392. The molecule has 1 saturated heterocycles. The highest BCUT2D eigenvalue weighted by Gasteiger charge is 2.44. The Hall–Kier alpha value is -1.59. The van der Waals surface area contributed by atoms with E-state index >= 15 is 0 Å². The number of carbonyl (C=O) groups excluding carboxylic acids is 2. The molecule has 5 atom stereocenters. The minimum Gasteiger partial charge on any atom is -0.462 e. The molecule has 29 heavy (non-hydrogen) atoms. The zero-order chi connectivity index (χ0) is 20.8. The topological polar surface area (TPSA) is 70.4 Å². The Kier molecular flexibility index (Phi) is 7.96. The van der Waals surface area contributed by atoms with Gasteiger partial charge in [0.05, 0.1) is 30.3 Å². The van der Waals surface area contributed by atoms with E-state index in [2.05, 4.69) is 22.1 Å². The zero-order valence-electron chi connectivity index (χ0n) is 18.5. The van der Waals surface area contributed by atoms with Crippen molar-refractivity contribution in [1.82, 2.24) is 10.6 Å². The van der Waals surface area contributed by atoms with Crippen molar-refractivity contribution in [1.29, 1.82) is 0 Å². The third kappa shape index (κ3) is 6.45. The smallest absolute Gasteiger partial charge is 0.346 e. The number of rotatable bonds is 11. The second kappa shape index (κ2) is 10.4. The van der Waals surface area contributed by atoms with Gasteiger partial charge in [0.2, 0.25) is 0 Å². The summed E-state index contributed by atoms with van der Waals surface area (Å²) >= 11 is 0. The van der Waals surface area contributed by atoms with Gasteiger partial charge in [0.1, 0.15) is 12.2 Å². The molecule has 3 aliphatic heterocycles. The number of ether oxygens (including phenoxy) is 1. The lowest BCUT2D eigenvalue weighted by Gasteiger charge is -2.35. The third-order valence-electron chi connectivity index (χ3n) is 6.67. The molecular formula is C23H40N3O3+. The van der Waals surface area contributed by atoms with Crippen LogP contribution in [-0.4, -0.2) is 52.6 Å². The van der Waals surface area contributed by atoms with Crippen LogP contribution in [0, 0.1) is 0 Å². The van der Waals surface area contributed by atoms with E-state index in [0.29, 0.717) is 12.1 Å². The molecule has 0 unspecified atom stereocenters. The van der Waals surface area contributed by atoms with Gasteiger partial charge in [-0.15, -0.1) is 0 Å². The second-order valence-corrected chi connectivity index (χ2v) is 9.52. The minimum absolute atomic E-state index is 0.0890. The first kappa shape index (κ1) is 22.1. The van der Waals surface area contributed by atoms with Crippen molar-refractivity contribution in [2.24, 2.45) is 0 Å². The number of nitrogens with one attached hydrogen (secondary N) is 2. The van der Waals surface area contributed by atoms with Crippen LogP contribution in [0.4, 0.5) is 0 Å². The molecule has 0 spiro atoms. The summed E-state index contributed by atoms with van der Waals surface area (Å²) < 4.78 is 7.90. The maximum atomic E-state index is 11.5. The number of guanidine groups is 1. The lowest BCUT2D eigenvalue weighted by Crippen LogP contribution is -2.61. The van der Waals surface area contributed by atoms with Crippen LogP contribution in [0.2, 0.25) is 0 Å². The summed E-state index contributed by atoms with van der Waals surface area (Å²) in [6.45, 7) is 5.63. The van der Waals surface area contributed by atoms with Crippen LogP contribution in [0.15, 0.2) is 0 Å². The first-order chi connectivity index (χ1) is 13.9. The Morgan fingerprint density at radius 1 is 1.07 bits per heavy atom. The van der Waals surface area contributed by atoms with Gasteiger partial charge in [-0.2, -0.15) is 0 Å². The van der Waals surface area contributed by atoms with E-state index < -0.39 is 5.97 Å². The maximum Gasteiger partial charge on any atom is 0.346 e. The molecule has 1 fully saturated rings. The van der Waals surface area contributed by atoms with E-state index in [1.807, 2.05) is 6.92 Å². The van der Waals surface area contributed by atoms with Crippen molar-refractivity contribution in [3.8, 4) is 0 Å². The van der Waals surface area contributed by atoms with Gasteiger partial charge in [-0.25, -0.2) is 0 Å². The zero-order valence-corrected chi connectivity index (χ0v) is 18.5. The maximum absolute atomic E-state index is 11.5. The first-order valence-electron chi connectivity index (χ1n) is 11.8. The molecule has 2 N–H and O–H groups in total. The summed E-state index contributed by atoms with van der Waals surface area (Å²) in [6.07, 6.45) is 13.3. The summed E-state index contributed by atoms with van der Waals surface area (Å²) in [5.74, 6) is 0.778.